The van der Waals surface area contributed by atoms with Gasteiger partial charge in [-0.15, -0.1) is 0 Å². The molecule has 0 saturated heterocycles. The van der Waals surface area contributed by atoms with Gasteiger partial charge in [-0.25, -0.2) is 8.78 Å². The third-order valence-electron chi connectivity index (χ3n) is 3.54. The normalized spacial score (nSPS) is 17.4. The third-order valence-corrected chi connectivity index (χ3v) is 3.54. The van der Waals surface area contributed by atoms with Crippen LogP contribution in [0, 0.1) is 17.0 Å². The summed E-state index contributed by atoms with van der Waals surface area (Å²) in [5, 5.41) is 3.25. The average Bonchev–Trinajstić information content (AvgIpc) is 3.02. The highest BCUT2D eigenvalue weighted by atomic mass is 19.1. The fourth-order valence-corrected chi connectivity index (χ4v) is 1.96. The molecule has 3 heteroatoms. The first kappa shape index (κ1) is 11.5. The Labute approximate surface area is 94.9 Å². The highest BCUT2D eigenvalue weighted by Gasteiger charge is 2.39. The van der Waals surface area contributed by atoms with E-state index in [1.54, 1.807) is 0 Å². The Balaban J connectivity index is 1.85. The number of hydrogen-bond donors (Lipinski definition) is 1. The van der Waals surface area contributed by atoms with Crippen molar-refractivity contribution in [2.24, 2.45) is 5.41 Å². The smallest absolute Gasteiger partial charge is 0.130 e. The van der Waals surface area contributed by atoms with Gasteiger partial charge < -0.3 is 5.32 Å². The second-order valence-corrected chi connectivity index (χ2v) is 4.69. The van der Waals surface area contributed by atoms with Crippen LogP contribution in [0.15, 0.2) is 18.2 Å². The molecule has 1 fully saturated rings. The van der Waals surface area contributed by atoms with Crippen LogP contribution in [0.4, 0.5) is 8.78 Å². The molecule has 0 heterocycles. The standard InChI is InChI=1S/C13H17F2N/c1-2-13(5-6-13)9-16-8-10-3-4-11(14)7-12(10)15/h3-4,7,16H,2,5-6,8-9H2,1H3. The molecule has 1 aliphatic carbocycles. The molecule has 1 N–H and O–H groups in total. The van der Waals surface area contributed by atoms with E-state index in [-0.39, 0.29) is 0 Å². The van der Waals surface area contributed by atoms with Gasteiger partial charge in [0, 0.05) is 24.7 Å². The zero-order valence-electron chi connectivity index (χ0n) is 9.52. The monoisotopic (exact) mass is 225 g/mol. The van der Waals surface area contributed by atoms with Crippen LogP contribution in [-0.2, 0) is 6.54 Å². The average molecular weight is 225 g/mol. The summed E-state index contributed by atoms with van der Waals surface area (Å²) in [7, 11) is 0. The van der Waals surface area contributed by atoms with Crippen molar-refractivity contribution in [3.8, 4) is 0 Å². The molecular weight excluding hydrogens is 208 g/mol. The lowest BCUT2D eigenvalue weighted by atomic mass is 10.0. The Kier molecular flexibility index (Phi) is 3.24. The lowest BCUT2D eigenvalue weighted by molar-refractivity contribution is 0.439. The molecule has 1 nitrogen and oxygen atoms in total. The summed E-state index contributed by atoms with van der Waals surface area (Å²) in [6, 6.07) is 3.74. The van der Waals surface area contributed by atoms with Crippen LogP contribution in [0.3, 0.4) is 0 Å². The molecule has 16 heavy (non-hydrogen) atoms. The van der Waals surface area contributed by atoms with Crippen LogP contribution in [0.2, 0.25) is 0 Å². The van der Waals surface area contributed by atoms with Crippen molar-refractivity contribution in [2.45, 2.75) is 32.7 Å². The van der Waals surface area contributed by atoms with Gasteiger partial charge in [0.15, 0.2) is 0 Å². The Morgan fingerprint density at radius 2 is 2.06 bits per heavy atom. The Morgan fingerprint density at radius 3 is 2.62 bits per heavy atom. The van der Waals surface area contributed by atoms with Crippen LogP contribution in [0.5, 0.6) is 0 Å². The van der Waals surface area contributed by atoms with E-state index in [9.17, 15) is 8.78 Å². The van der Waals surface area contributed by atoms with Crippen molar-refractivity contribution < 1.29 is 8.78 Å². The molecule has 0 spiro atoms. The lowest BCUT2D eigenvalue weighted by Gasteiger charge is -2.13. The predicted molar refractivity (Wildman–Crippen MR) is 60.0 cm³/mol. The molecule has 1 aromatic carbocycles. The van der Waals surface area contributed by atoms with Crippen LogP contribution >= 0.6 is 0 Å². The van der Waals surface area contributed by atoms with Gasteiger partial charge in [0.05, 0.1) is 0 Å². The second-order valence-electron chi connectivity index (χ2n) is 4.69. The first-order valence-corrected chi connectivity index (χ1v) is 5.80. The molecule has 1 saturated carbocycles. The largest absolute Gasteiger partial charge is 0.312 e. The van der Waals surface area contributed by atoms with E-state index in [2.05, 4.69) is 12.2 Å². The van der Waals surface area contributed by atoms with E-state index in [1.165, 1.54) is 31.4 Å². The van der Waals surface area contributed by atoms with E-state index in [0.717, 1.165) is 12.6 Å². The van der Waals surface area contributed by atoms with E-state index in [0.29, 0.717) is 17.5 Å². The van der Waals surface area contributed by atoms with Gasteiger partial charge in [-0.05, 0) is 30.7 Å². The summed E-state index contributed by atoms with van der Waals surface area (Å²) in [6.45, 7) is 3.60. The van der Waals surface area contributed by atoms with Crippen LogP contribution < -0.4 is 5.32 Å². The van der Waals surface area contributed by atoms with Gasteiger partial charge in [-0.2, -0.15) is 0 Å². The third kappa shape index (κ3) is 2.59. The van der Waals surface area contributed by atoms with Gasteiger partial charge >= 0.3 is 0 Å². The summed E-state index contributed by atoms with van der Waals surface area (Å²) < 4.78 is 26.0. The second kappa shape index (κ2) is 4.50. The summed E-state index contributed by atoms with van der Waals surface area (Å²) in [6.07, 6.45) is 3.71. The summed E-state index contributed by atoms with van der Waals surface area (Å²) in [4.78, 5) is 0. The van der Waals surface area contributed by atoms with Crippen molar-refractivity contribution in [3.63, 3.8) is 0 Å². The maximum atomic E-state index is 13.3. The fourth-order valence-electron chi connectivity index (χ4n) is 1.96. The molecule has 0 bridgehead atoms. The number of benzene rings is 1. The number of nitrogens with one attached hydrogen (secondary N) is 1. The zero-order valence-corrected chi connectivity index (χ0v) is 9.52. The molecule has 88 valence electrons. The molecule has 1 aromatic rings. The minimum atomic E-state index is -0.520. The van der Waals surface area contributed by atoms with Gasteiger partial charge in [-0.1, -0.05) is 13.0 Å². The number of hydrogen-bond acceptors (Lipinski definition) is 1. The fraction of sp³-hybridized carbons (Fsp3) is 0.538. The first-order valence-electron chi connectivity index (χ1n) is 5.80. The Morgan fingerprint density at radius 1 is 1.31 bits per heavy atom. The van der Waals surface area contributed by atoms with Gasteiger partial charge in [0.25, 0.3) is 0 Å². The van der Waals surface area contributed by atoms with Crippen LogP contribution in [-0.4, -0.2) is 6.54 Å². The highest BCUT2D eigenvalue weighted by molar-refractivity contribution is 5.18. The molecular formula is C13H17F2N. The minimum absolute atomic E-state index is 0.455. The summed E-state index contributed by atoms with van der Waals surface area (Å²) in [5.74, 6) is -0.984. The predicted octanol–water partition coefficient (Wildman–Crippen LogP) is 3.24. The van der Waals surface area contributed by atoms with E-state index >= 15 is 0 Å². The van der Waals surface area contributed by atoms with Gasteiger partial charge in [0.2, 0.25) is 0 Å². The molecule has 2 rings (SSSR count). The number of halogens is 2. The maximum absolute atomic E-state index is 13.3. The summed E-state index contributed by atoms with van der Waals surface area (Å²) >= 11 is 0. The molecule has 0 aliphatic heterocycles. The van der Waals surface area contributed by atoms with Gasteiger partial charge in [-0.3, -0.25) is 0 Å². The molecule has 0 unspecified atom stereocenters. The topological polar surface area (TPSA) is 12.0 Å². The van der Waals surface area contributed by atoms with Crippen molar-refractivity contribution in [1.82, 2.24) is 5.32 Å². The zero-order chi connectivity index (χ0) is 11.6. The highest BCUT2D eigenvalue weighted by Crippen LogP contribution is 2.47. The van der Waals surface area contributed by atoms with E-state index in [1.807, 2.05) is 0 Å². The van der Waals surface area contributed by atoms with Crippen molar-refractivity contribution in [3.05, 3.63) is 35.4 Å². The first-order chi connectivity index (χ1) is 7.65. The van der Waals surface area contributed by atoms with Crippen LogP contribution in [0.1, 0.15) is 31.7 Å². The van der Waals surface area contributed by atoms with E-state index in [4.69, 9.17) is 0 Å². The van der Waals surface area contributed by atoms with Crippen molar-refractivity contribution in [2.75, 3.05) is 6.54 Å². The van der Waals surface area contributed by atoms with Gasteiger partial charge in [0.1, 0.15) is 11.6 Å². The van der Waals surface area contributed by atoms with Crippen molar-refractivity contribution in [1.29, 1.82) is 0 Å². The van der Waals surface area contributed by atoms with Crippen molar-refractivity contribution >= 4 is 0 Å². The lowest BCUT2D eigenvalue weighted by Crippen LogP contribution is -2.23. The number of rotatable bonds is 5. The van der Waals surface area contributed by atoms with E-state index < -0.39 is 11.6 Å². The molecule has 0 amide bonds. The molecule has 1 aliphatic rings. The maximum Gasteiger partial charge on any atom is 0.130 e. The summed E-state index contributed by atoms with van der Waals surface area (Å²) in [5.41, 5.74) is 0.990. The molecule has 0 radical (unpaired) electrons. The Bertz CT molecular complexity index is 372. The quantitative estimate of drug-likeness (QED) is 0.811. The SMILES string of the molecule is CCC1(CNCc2ccc(F)cc2F)CC1. The van der Waals surface area contributed by atoms with Crippen LogP contribution in [0.25, 0.3) is 0 Å². The minimum Gasteiger partial charge on any atom is -0.312 e. The molecule has 0 atom stereocenters. The Hall–Kier alpha value is -0.960. The molecule has 0 aromatic heterocycles.